The minimum atomic E-state index is 0.138. The number of hydrogen-bond donors (Lipinski definition) is 1. The first-order valence-corrected chi connectivity index (χ1v) is 8.67. The molecule has 6 nitrogen and oxygen atoms in total. The number of aromatic amines is 1. The fraction of sp³-hybridized carbons (Fsp3) is 0.368. The van der Waals surface area contributed by atoms with Crippen LogP contribution in [0.25, 0.3) is 10.9 Å². The van der Waals surface area contributed by atoms with Crippen molar-refractivity contribution in [3.63, 3.8) is 0 Å². The molecular formula is C19H23N5O. The molecule has 0 saturated carbocycles. The number of aryl methyl sites for hydroxylation is 1. The maximum absolute atomic E-state index is 11.6. The first-order chi connectivity index (χ1) is 12.1. The number of aromatic nitrogens is 3. The summed E-state index contributed by atoms with van der Waals surface area (Å²) in [6.45, 7) is 4.91. The molecule has 6 heteroatoms. The second kappa shape index (κ2) is 6.37. The maximum Gasteiger partial charge on any atom is 0.219 e. The third kappa shape index (κ3) is 2.93. The summed E-state index contributed by atoms with van der Waals surface area (Å²) in [6, 6.07) is 8.53. The molecule has 0 spiro atoms. The van der Waals surface area contributed by atoms with Gasteiger partial charge in [0.1, 0.15) is 0 Å². The number of carbonyl (C=O) groups excluding carboxylic acids is 1. The van der Waals surface area contributed by atoms with Gasteiger partial charge in [-0.25, -0.2) is 0 Å². The predicted octanol–water partition coefficient (Wildman–Crippen LogP) is 2.15. The number of nitrogens with zero attached hydrogens (tertiary/aromatic N) is 4. The fourth-order valence-corrected chi connectivity index (χ4v) is 3.78. The molecule has 3 heterocycles. The first-order valence-electron chi connectivity index (χ1n) is 8.67. The van der Waals surface area contributed by atoms with Crippen LogP contribution in [0.5, 0.6) is 0 Å². The van der Waals surface area contributed by atoms with E-state index in [0.717, 1.165) is 31.7 Å². The van der Waals surface area contributed by atoms with Crippen molar-refractivity contribution in [1.29, 1.82) is 0 Å². The summed E-state index contributed by atoms with van der Waals surface area (Å²) in [5, 5.41) is 5.62. The van der Waals surface area contributed by atoms with Crippen molar-refractivity contribution in [3.8, 4) is 0 Å². The van der Waals surface area contributed by atoms with Crippen LogP contribution in [0, 0.1) is 0 Å². The molecule has 1 fully saturated rings. The van der Waals surface area contributed by atoms with E-state index in [2.05, 4.69) is 45.6 Å². The third-order valence-electron chi connectivity index (χ3n) is 5.08. The zero-order valence-electron chi connectivity index (χ0n) is 14.6. The van der Waals surface area contributed by atoms with E-state index in [1.807, 2.05) is 28.9 Å². The predicted molar refractivity (Wildman–Crippen MR) is 97.2 cm³/mol. The average molecular weight is 337 g/mol. The van der Waals surface area contributed by atoms with Crippen LogP contribution in [0.2, 0.25) is 0 Å². The Morgan fingerprint density at radius 1 is 1.20 bits per heavy atom. The number of H-pyrrole nitrogens is 1. The highest BCUT2D eigenvalue weighted by molar-refractivity contribution is 5.84. The van der Waals surface area contributed by atoms with Crippen LogP contribution in [-0.2, 0) is 11.8 Å². The van der Waals surface area contributed by atoms with Crippen molar-refractivity contribution in [1.82, 2.24) is 24.6 Å². The standard InChI is InChI=1S/C19H23N5O/c1-14(25)23-7-9-24(10-8-23)19(15-11-21-22(2)13-15)17-12-20-18-6-4-3-5-16(17)18/h3-6,11-13,19-20H,7-10H2,1-2H3. The van der Waals surface area contributed by atoms with Gasteiger partial charge < -0.3 is 9.88 Å². The fourth-order valence-electron chi connectivity index (χ4n) is 3.78. The lowest BCUT2D eigenvalue weighted by Crippen LogP contribution is -2.49. The van der Waals surface area contributed by atoms with E-state index in [-0.39, 0.29) is 11.9 Å². The van der Waals surface area contributed by atoms with E-state index in [9.17, 15) is 4.79 Å². The van der Waals surface area contributed by atoms with Gasteiger partial charge in [-0.2, -0.15) is 5.10 Å². The van der Waals surface area contributed by atoms with Gasteiger partial charge in [0.2, 0.25) is 5.91 Å². The molecule has 0 bridgehead atoms. The molecule has 1 aliphatic rings. The molecule has 2 aromatic heterocycles. The molecule has 1 N–H and O–H groups in total. The van der Waals surface area contributed by atoms with Gasteiger partial charge in [-0.3, -0.25) is 14.4 Å². The van der Waals surface area contributed by atoms with Crippen LogP contribution in [0.15, 0.2) is 42.9 Å². The molecule has 1 aliphatic heterocycles. The Morgan fingerprint density at radius 3 is 2.64 bits per heavy atom. The number of benzene rings is 1. The summed E-state index contributed by atoms with van der Waals surface area (Å²) in [5.41, 5.74) is 3.59. The van der Waals surface area contributed by atoms with Gasteiger partial charge >= 0.3 is 0 Å². The molecule has 0 radical (unpaired) electrons. The largest absolute Gasteiger partial charge is 0.361 e. The topological polar surface area (TPSA) is 57.2 Å². The molecule has 25 heavy (non-hydrogen) atoms. The summed E-state index contributed by atoms with van der Waals surface area (Å²) >= 11 is 0. The maximum atomic E-state index is 11.6. The minimum absolute atomic E-state index is 0.138. The molecule has 1 unspecified atom stereocenters. The number of para-hydroxylation sites is 1. The quantitative estimate of drug-likeness (QED) is 0.797. The van der Waals surface area contributed by atoms with Gasteiger partial charge in [-0.15, -0.1) is 0 Å². The van der Waals surface area contributed by atoms with Crippen molar-refractivity contribution in [2.24, 2.45) is 7.05 Å². The normalized spacial score (nSPS) is 17.1. The van der Waals surface area contributed by atoms with Gasteiger partial charge in [0.25, 0.3) is 0 Å². The highest BCUT2D eigenvalue weighted by atomic mass is 16.2. The summed E-state index contributed by atoms with van der Waals surface area (Å²) in [5.74, 6) is 0.157. The Morgan fingerprint density at radius 2 is 1.96 bits per heavy atom. The Kier molecular flexibility index (Phi) is 4.05. The first kappa shape index (κ1) is 15.9. The van der Waals surface area contributed by atoms with E-state index in [1.54, 1.807) is 6.92 Å². The molecule has 130 valence electrons. The Labute approximate surface area is 147 Å². The van der Waals surface area contributed by atoms with E-state index < -0.39 is 0 Å². The van der Waals surface area contributed by atoms with Crippen LogP contribution in [-0.4, -0.2) is 56.7 Å². The molecule has 1 aromatic carbocycles. The number of hydrogen-bond acceptors (Lipinski definition) is 3. The van der Waals surface area contributed by atoms with E-state index in [1.165, 1.54) is 16.5 Å². The summed E-state index contributed by atoms with van der Waals surface area (Å²) in [6.07, 6.45) is 6.15. The van der Waals surface area contributed by atoms with E-state index >= 15 is 0 Å². The van der Waals surface area contributed by atoms with Crippen molar-refractivity contribution >= 4 is 16.8 Å². The van der Waals surface area contributed by atoms with Crippen LogP contribution >= 0.6 is 0 Å². The molecule has 1 atom stereocenters. The smallest absolute Gasteiger partial charge is 0.219 e. The van der Waals surface area contributed by atoms with Gasteiger partial charge in [0.15, 0.2) is 0 Å². The number of piperazine rings is 1. The molecular weight excluding hydrogens is 314 g/mol. The summed E-state index contributed by atoms with van der Waals surface area (Å²) < 4.78 is 1.85. The zero-order chi connectivity index (χ0) is 17.4. The van der Waals surface area contributed by atoms with Crippen molar-refractivity contribution < 1.29 is 4.79 Å². The number of amides is 1. The van der Waals surface area contributed by atoms with Gasteiger partial charge in [0, 0.05) is 69.0 Å². The lowest BCUT2D eigenvalue weighted by molar-refractivity contribution is -0.130. The summed E-state index contributed by atoms with van der Waals surface area (Å²) in [4.78, 5) is 19.4. The van der Waals surface area contributed by atoms with Crippen molar-refractivity contribution in [3.05, 3.63) is 54.0 Å². The minimum Gasteiger partial charge on any atom is -0.361 e. The molecule has 4 rings (SSSR count). The SMILES string of the molecule is CC(=O)N1CCN(C(c2cnn(C)c2)c2c[nH]c3ccccc23)CC1. The lowest BCUT2D eigenvalue weighted by atomic mass is 9.98. The monoisotopic (exact) mass is 337 g/mol. The zero-order valence-corrected chi connectivity index (χ0v) is 14.6. The van der Waals surface area contributed by atoms with Gasteiger partial charge in [-0.05, 0) is 11.6 Å². The second-order valence-corrected chi connectivity index (χ2v) is 6.68. The van der Waals surface area contributed by atoms with Crippen LogP contribution in [0.4, 0.5) is 0 Å². The van der Waals surface area contributed by atoms with Crippen LogP contribution < -0.4 is 0 Å². The molecule has 1 amide bonds. The van der Waals surface area contributed by atoms with Crippen molar-refractivity contribution in [2.45, 2.75) is 13.0 Å². The van der Waals surface area contributed by atoms with Gasteiger partial charge in [-0.1, -0.05) is 18.2 Å². The molecule has 1 saturated heterocycles. The number of carbonyl (C=O) groups is 1. The average Bonchev–Trinajstić information content (AvgIpc) is 3.23. The third-order valence-corrected chi connectivity index (χ3v) is 5.08. The van der Waals surface area contributed by atoms with E-state index in [4.69, 9.17) is 0 Å². The number of nitrogens with one attached hydrogen (secondary N) is 1. The van der Waals surface area contributed by atoms with Crippen LogP contribution in [0.1, 0.15) is 24.1 Å². The Balaban J connectivity index is 1.72. The highest BCUT2D eigenvalue weighted by Gasteiger charge is 2.29. The Hall–Kier alpha value is -2.60. The summed E-state index contributed by atoms with van der Waals surface area (Å²) in [7, 11) is 1.95. The Bertz CT molecular complexity index is 888. The number of fused-ring (bicyclic) bond motifs is 1. The lowest BCUT2D eigenvalue weighted by Gasteiger charge is -2.38. The molecule has 3 aromatic rings. The number of rotatable bonds is 3. The second-order valence-electron chi connectivity index (χ2n) is 6.68. The highest BCUT2D eigenvalue weighted by Crippen LogP contribution is 2.34. The van der Waals surface area contributed by atoms with Crippen molar-refractivity contribution in [2.75, 3.05) is 26.2 Å². The van der Waals surface area contributed by atoms with E-state index in [0.29, 0.717) is 0 Å². The molecule has 0 aliphatic carbocycles. The van der Waals surface area contributed by atoms with Gasteiger partial charge in [0.05, 0.1) is 12.2 Å². The van der Waals surface area contributed by atoms with Crippen LogP contribution in [0.3, 0.4) is 0 Å².